The van der Waals surface area contributed by atoms with Crippen molar-refractivity contribution < 1.29 is 14.7 Å². The lowest BCUT2D eigenvalue weighted by atomic mass is 10.1. The topological polar surface area (TPSA) is 92.4 Å². The summed E-state index contributed by atoms with van der Waals surface area (Å²) in [6.07, 6.45) is 29.1. The second-order valence-corrected chi connectivity index (χ2v) is 7.72. The molecular weight excluding hydrogens is 388 g/mol. The molecule has 0 aromatic rings. The third kappa shape index (κ3) is 20.9. The fourth-order valence-corrected chi connectivity index (χ4v) is 2.96. The van der Waals surface area contributed by atoms with Gasteiger partial charge in [0.05, 0.1) is 0 Å². The second kappa shape index (κ2) is 22.5. The fraction of sp³-hybridized carbons (Fsp3) is 0.615. The van der Waals surface area contributed by atoms with Crippen LogP contribution in [0.4, 0.5) is 0 Å². The normalized spacial score (nSPS) is 13.1. The molecule has 0 aliphatic carbocycles. The summed E-state index contributed by atoms with van der Waals surface area (Å²) in [6.45, 7) is 2.76. The monoisotopic (exact) mass is 432 g/mol. The van der Waals surface area contributed by atoms with Crippen molar-refractivity contribution in [2.45, 2.75) is 96.4 Å². The largest absolute Gasteiger partial charge is 0.480 e. The summed E-state index contributed by atoms with van der Waals surface area (Å²) in [5.41, 5.74) is 5.42. The molecule has 5 nitrogen and oxygen atoms in total. The number of nitrogens with two attached hydrogens (primary N) is 1. The number of carboxylic acids is 1. The average molecular weight is 433 g/mol. The van der Waals surface area contributed by atoms with Gasteiger partial charge in [-0.2, -0.15) is 0 Å². The molecule has 1 unspecified atom stereocenters. The zero-order valence-electron chi connectivity index (χ0n) is 19.4. The number of aliphatic carboxylic acids is 1. The van der Waals surface area contributed by atoms with Crippen molar-refractivity contribution in [3.05, 3.63) is 48.6 Å². The van der Waals surface area contributed by atoms with Gasteiger partial charge in [-0.3, -0.25) is 4.79 Å². The van der Waals surface area contributed by atoms with Crippen molar-refractivity contribution in [2.24, 2.45) is 5.73 Å². The van der Waals surface area contributed by atoms with Crippen molar-refractivity contribution in [2.75, 3.05) is 6.54 Å². The molecule has 1 amide bonds. The van der Waals surface area contributed by atoms with Crippen LogP contribution in [0, 0.1) is 0 Å². The Bertz CT molecular complexity index is 565. The Morgan fingerprint density at radius 3 is 1.87 bits per heavy atom. The molecule has 1 atom stereocenters. The Kier molecular flexibility index (Phi) is 21.0. The zero-order chi connectivity index (χ0) is 23.0. The fourth-order valence-electron chi connectivity index (χ4n) is 2.96. The predicted molar refractivity (Wildman–Crippen MR) is 131 cm³/mol. The Morgan fingerprint density at radius 2 is 1.35 bits per heavy atom. The van der Waals surface area contributed by atoms with Crippen LogP contribution in [0.5, 0.6) is 0 Å². The molecule has 0 bridgehead atoms. The van der Waals surface area contributed by atoms with E-state index in [-0.39, 0.29) is 5.91 Å². The summed E-state index contributed by atoms with van der Waals surface area (Å²) in [5, 5.41) is 11.8. The number of carboxylic acid groups (broad SMARTS) is 1. The maximum Gasteiger partial charge on any atom is 0.326 e. The van der Waals surface area contributed by atoms with Gasteiger partial charge in [-0.1, -0.05) is 68.4 Å². The van der Waals surface area contributed by atoms with Gasteiger partial charge in [0.15, 0.2) is 0 Å². The number of nitrogens with one attached hydrogen (secondary N) is 1. The summed E-state index contributed by atoms with van der Waals surface area (Å²) in [4.78, 5) is 23.1. The highest BCUT2D eigenvalue weighted by Gasteiger charge is 2.18. The van der Waals surface area contributed by atoms with Crippen LogP contribution in [0.3, 0.4) is 0 Å². The molecule has 0 heterocycles. The average Bonchev–Trinajstić information content (AvgIpc) is 2.75. The van der Waals surface area contributed by atoms with Crippen molar-refractivity contribution >= 4 is 11.9 Å². The van der Waals surface area contributed by atoms with E-state index in [9.17, 15) is 14.7 Å². The molecule has 31 heavy (non-hydrogen) atoms. The molecule has 5 heteroatoms. The van der Waals surface area contributed by atoms with E-state index in [0.29, 0.717) is 25.8 Å². The van der Waals surface area contributed by atoms with Crippen LogP contribution < -0.4 is 11.1 Å². The Hall–Kier alpha value is -2.14. The highest BCUT2D eigenvalue weighted by Crippen LogP contribution is 2.04. The molecule has 0 aromatic carbocycles. The number of carbonyl (C=O) groups excluding carboxylic acids is 1. The van der Waals surface area contributed by atoms with Crippen LogP contribution in [0.1, 0.15) is 90.4 Å². The van der Waals surface area contributed by atoms with Gasteiger partial charge in [0.1, 0.15) is 6.04 Å². The van der Waals surface area contributed by atoms with E-state index in [1.54, 1.807) is 0 Å². The van der Waals surface area contributed by atoms with Gasteiger partial charge in [0.2, 0.25) is 5.91 Å². The van der Waals surface area contributed by atoms with Crippen LogP contribution in [0.25, 0.3) is 0 Å². The smallest absolute Gasteiger partial charge is 0.326 e. The predicted octanol–water partition coefficient (Wildman–Crippen LogP) is 5.83. The lowest BCUT2D eigenvalue weighted by molar-refractivity contribution is -0.142. The summed E-state index contributed by atoms with van der Waals surface area (Å²) in [7, 11) is 0. The Morgan fingerprint density at radius 1 is 0.806 bits per heavy atom. The quantitative estimate of drug-likeness (QED) is 0.167. The van der Waals surface area contributed by atoms with E-state index in [2.05, 4.69) is 60.8 Å². The van der Waals surface area contributed by atoms with Crippen molar-refractivity contribution in [1.82, 2.24) is 5.32 Å². The first kappa shape index (κ1) is 28.9. The molecule has 0 aliphatic rings. The number of hydrogen-bond acceptors (Lipinski definition) is 3. The minimum atomic E-state index is -0.981. The number of carbonyl (C=O) groups is 2. The van der Waals surface area contributed by atoms with E-state index in [1.807, 2.05) is 0 Å². The molecule has 0 saturated heterocycles. The van der Waals surface area contributed by atoms with Gasteiger partial charge in [0, 0.05) is 6.42 Å². The van der Waals surface area contributed by atoms with Gasteiger partial charge in [-0.25, -0.2) is 4.79 Å². The maximum absolute atomic E-state index is 11.9. The van der Waals surface area contributed by atoms with Gasteiger partial charge >= 0.3 is 5.97 Å². The summed E-state index contributed by atoms with van der Waals surface area (Å²) in [5.74, 6) is -1.18. The molecule has 0 rings (SSSR count). The first-order valence-corrected chi connectivity index (χ1v) is 11.9. The third-order valence-corrected chi connectivity index (χ3v) is 4.81. The minimum absolute atomic E-state index is 0.198. The highest BCUT2D eigenvalue weighted by molar-refractivity contribution is 5.83. The molecule has 0 saturated carbocycles. The number of amides is 1. The van der Waals surface area contributed by atoms with E-state index < -0.39 is 12.0 Å². The molecular formula is C26H44N2O3. The summed E-state index contributed by atoms with van der Waals surface area (Å²) < 4.78 is 0. The van der Waals surface area contributed by atoms with E-state index in [4.69, 9.17) is 5.73 Å². The maximum atomic E-state index is 11.9. The van der Waals surface area contributed by atoms with Crippen LogP contribution >= 0.6 is 0 Å². The van der Waals surface area contributed by atoms with Crippen LogP contribution in [0.15, 0.2) is 48.6 Å². The molecule has 0 aliphatic heterocycles. The van der Waals surface area contributed by atoms with E-state index in [1.165, 1.54) is 25.7 Å². The Labute approximate surface area is 189 Å². The first-order chi connectivity index (χ1) is 15.1. The van der Waals surface area contributed by atoms with Gasteiger partial charge in [-0.05, 0) is 70.8 Å². The number of rotatable bonds is 20. The minimum Gasteiger partial charge on any atom is -0.480 e. The van der Waals surface area contributed by atoms with Gasteiger partial charge in [0.25, 0.3) is 0 Å². The SMILES string of the molecule is CCCCC/C=C/C/C=C/C/C=C/C/C=C/CCCC(=O)NC(CCCCN)C(=O)O. The summed E-state index contributed by atoms with van der Waals surface area (Å²) in [6, 6.07) is -0.810. The van der Waals surface area contributed by atoms with Crippen molar-refractivity contribution in [3.63, 3.8) is 0 Å². The molecule has 4 N–H and O–H groups in total. The van der Waals surface area contributed by atoms with E-state index >= 15 is 0 Å². The third-order valence-electron chi connectivity index (χ3n) is 4.81. The molecule has 0 radical (unpaired) electrons. The van der Waals surface area contributed by atoms with Crippen LogP contribution in [0.2, 0.25) is 0 Å². The molecule has 176 valence electrons. The Balaban J connectivity index is 3.73. The van der Waals surface area contributed by atoms with Crippen LogP contribution in [-0.2, 0) is 9.59 Å². The lowest BCUT2D eigenvalue weighted by Gasteiger charge is -2.14. The number of hydrogen-bond donors (Lipinski definition) is 3. The highest BCUT2D eigenvalue weighted by atomic mass is 16.4. The van der Waals surface area contributed by atoms with Crippen molar-refractivity contribution in [1.29, 1.82) is 0 Å². The number of unbranched alkanes of at least 4 members (excludes halogenated alkanes) is 5. The van der Waals surface area contributed by atoms with Crippen molar-refractivity contribution in [3.8, 4) is 0 Å². The van der Waals surface area contributed by atoms with Crippen LogP contribution in [-0.4, -0.2) is 29.6 Å². The number of allylic oxidation sites excluding steroid dienone is 8. The van der Waals surface area contributed by atoms with Gasteiger partial charge in [-0.15, -0.1) is 0 Å². The molecule has 0 fully saturated rings. The lowest BCUT2D eigenvalue weighted by Crippen LogP contribution is -2.40. The van der Waals surface area contributed by atoms with E-state index in [0.717, 1.165) is 38.5 Å². The zero-order valence-corrected chi connectivity index (χ0v) is 19.4. The molecule has 0 aromatic heterocycles. The standard InChI is InChI=1S/C26H44N2O3/c1-2-3-4-5-6-7-8-9-10-11-12-13-14-15-16-17-18-22-25(29)28-24(26(30)31)21-19-20-23-27/h6-7,9-10,12-13,15-16,24H,2-5,8,11,14,17-23,27H2,1H3,(H,28,29)(H,30,31)/b7-6+,10-9+,13-12+,16-15+. The second-order valence-electron chi connectivity index (χ2n) is 7.72. The summed E-state index contributed by atoms with van der Waals surface area (Å²) >= 11 is 0. The van der Waals surface area contributed by atoms with Gasteiger partial charge < -0.3 is 16.2 Å². The molecule has 0 spiro atoms. The first-order valence-electron chi connectivity index (χ1n) is 11.9.